The molecule has 0 fully saturated rings. The van der Waals surface area contributed by atoms with Gasteiger partial charge in [-0.1, -0.05) is 13.3 Å². The highest BCUT2D eigenvalue weighted by Crippen LogP contribution is 2.17. The maximum Gasteiger partial charge on any atom is 0.236 e. The summed E-state index contributed by atoms with van der Waals surface area (Å²) in [4.78, 5) is 19.8. The molecule has 0 aliphatic heterocycles. The number of methoxy groups -OCH3 is 2. The number of hydrogen-bond acceptors (Lipinski definition) is 6. The number of hydrogen-bond donors (Lipinski definition) is 2. The molecule has 1 aromatic heterocycles. The van der Waals surface area contributed by atoms with Gasteiger partial charge < -0.3 is 15.2 Å². The molecule has 0 aliphatic carbocycles. The van der Waals surface area contributed by atoms with Gasteiger partial charge in [-0.15, -0.1) is 0 Å². The lowest BCUT2D eigenvalue weighted by atomic mass is 10.1. The zero-order valence-electron chi connectivity index (χ0n) is 11.5. The first-order chi connectivity index (χ1) is 9.08. The van der Waals surface area contributed by atoms with Crippen LogP contribution in [0.1, 0.15) is 26.2 Å². The summed E-state index contributed by atoms with van der Waals surface area (Å²) in [6.45, 7) is 2.02. The fraction of sp³-hybridized carbons (Fsp3) is 0.583. The molecule has 0 radical (unpaired) electrons. The molecule has 7 heteroatoms. The molecule has 3 N–H and O–H groups in total. The Morgan fingerprint density at radius 2 is 1.95 bits per heavy atom. The van der Waals surface area contributed by atoms with E-state index in [-0.39, 0.29) is 24.3 Å². The standard InChI is InChI=1S/C12H20N4O3/c1-4-5-8(13)6-9(17)14-12-15-10(18-2)7-11(16-12)19-3/h7-8H,4-6,13H2,1-3H3,(H,14,15,16,17). The van der Waals surface area contributed by atoms with Crippen LogP contribution in [0.3, 0.4) is 0 Å². The molecule has 0 aliphatic rings. The van der Waals surface area contributed by atoms with Gasteiger partial charge in [0.25, 0.3) is 0 Å². The third-order valence-electron chi connectivity index (χ3n) is 2.46. The number of carbonyl (C=O) groups is 1. The van der Waals surface area contributed by atoms with E-state index >= 15 is 0 Å². The Morgan fingerprint density at radius 1 is 1.37 bits per heavy atom. The Balaban J connectivity index is 2.67. The zero-order chi connectivity index (χ0) is 14.3. The zero-order valence-corrected chi connectivity index (χ0v) is 11.5. The van der Waals surface area contributed by atoms with Crippen molar-refractivity contribution in [3.05, 3.63) is 6.07 Å². The van der Waals surface area contributed by atoms with Gasteiger partial charge in [0.2, 0.25) is 23.6 Å². The van der Waals surface area contributed by atoms with E-state index in [1.807, 2.05) is 6.92 Å². The number of nitrogens with zero attached hydrogens (tertiary/aromatic N) is 2. The first-order valence-corrected chi connectivity index (χ1v) is 6.11. The number of nitrogens with two attached hydrogens (primary N) is 1. The van der Waals surface area contributed by atoms with Crippen molar-refractivity contribution in [3.8, 4) is 11.8 Å². The highest BCUT2D eigenvalue weighted by molar-refractivity contribution is 5.89. The maximum absolute atomic E-state index is 11.7. The van der Waals surface area contributed by atoms with Crippen molar-refractivity contribution in [3.63, 3.8) is 0 Å². The second-order valence-electron chi connectivity index (χ2n) is 4.08. The Morgan fingerprint density at radius 3 is 2.42 bits per heavy atom. The number of anilines is 1. The third-order valence-corrected chi connectivity index (χ3v) is 2.46. The molecule has 0 spiro atoms. The van der Waals surface area contributed by atoms with Gasteiger partial charge in [-0.3, -0.25) is 10.1 Å². The van der Waals surface area contributed by atoms with Gasteiger partial charge in [-0.05, 0) is 6.42 Å². The molecule has 7 nitrogen and oxygen atoms in total. The lowest BCUT2D eigenvalue weighted by Gasteiger charge is -2.10. The van der Waals surface area contributed by atoms with E-state index in [0.717, 1.165) is 12.8 Å². The van der Waals surface area contributed by atoms with E-state index in [1.165, 1.54) is 20.3 Å². The van der Waals surface area contributed by atoms with Crippen LogP contribution in [0.25, 0.3) is 0 Å². The van der Waals surface area contributed by atoms with E-state index < -0.39 is 0 Å². The topological polar surface area (TPSA) is 99.4 Å². The lowest BCUT2D eigenvalue weighted by molar-refractivity contribution is -0.116. The minimum Gasteiger partial charge on any atom is -0.481 e. The van der Waals surface area contributed by atoms with Gasteiger partial charge in [0.15, 0.2) is 0 Å². The van der Waals surface area contributed by atoms with Crippen LogP contribution in [0.2, 0.25) is 0 Å². The van der Waals surface area contributed by atoms with Gasteiger partial charge in [0, 0.05) is 12.5 Å². The Hall–Kier alpha value is -1.89. The summed E-state index contributed by atoms with van der Waals surface area (Å²) in [7, 11) is 2.95. The van der Waals surface area contributed by atoms with Crippen molar-refractivity contribution in [2.24, 2.45) is 5.73 Å². The van der Waals surface area contributed by atoms with Crippen molar-refractivity contribution in [2.45, 2.75) is 32.2 Å². The summed E-state index contributed by atoms with van der Waals surface area (Å²) >= 11 is 0. The average molecular weight is 268 g/mol. The van der Waals surface area contributed by atoms with E-state index in [0.29, 0.717) is 11.8 Å². The molecule has 1 unspecified atom stereocenters. The number of nitrogens with one attached hydrogen (secondary N) is 1. The largest absolute Gasteiger partial charge is 0.481 e. The number of ether oxygens (including phenoxy) is 2. The molecule has 1 rings (SSSR count). The van der Waals surface area contributed by atoms with Crippen molar-refractivity contribution < 1.29 is 14.3 Å². The van der Waals surface area contributed by atoms with Crippen molar-refractivity contribution in [1.29, 1.82) is 0 Å². The summed E-state index contributed by atoms with van der Waals surface area (Å²) in [6, 6.07) is 1.37. The first kappa shape index (κ1) is 15.2. The number of carbonyl (C=O) groups excluding carboxylic acids is 1. The van der Waals surface area contributed by atoms with Gasteiger partial charge in [0.1, 0.15) is 0 Å². The normalized spacial score (nSPS) is 11.8. The van der Waals surface area contributed by atoms with Crippen molar-refractivity contribution >= 4 is 11.9 Å². The fourth-order valence-corrected chi connectivity index (χ4v) is 1.56. The Bertz CT molecular complexity index is 403. The Labute approximate surface area is 112 Å². The molecule has 1 amide bonds. The van der Waals surface area contributed by atoms with Crippen LogP contribution in [0.5, 0.6) is 11.8 Å². The molecular formula is C12H20N4O3. The molecule has 1 heterocycles. The van der Waals surface area contributed by atoms with Crippen molar-refractivity contribution in [2.75, 3.05) is 19.5 Å². The van der Waals surface area contributed by atoms with Gasteiger partial charge in [-0.25, -0.2) is 0 Å². The van der Waals surface area contributed by atoms with Crippen LogP contribution in [0.15, 0.2) is 6.07 Å². The Kier molecular flexibility index (Phi) is 6.01. The molecule has 0 saturated carbocycles. The second-order valence-corrected chi connectivity index (χ2v) is 4.08. The van der Waals surface area contributed by atoms with Crippen molar-refractivity contribution in [1.82, 2.24) is 9.97 Å². The monoisotopic (exact) mass is 268 g/mol. The quantitative estimate of drug-likeness (QED) is 0.763. The molecule has 0 aromatic carbocycles. The number of rotatable bonds is 7. The minimum absolute atomic E-state index is 0.143. The molecule has 1 atom stereocenters. The second kappa shape index (κ2) is 7.52. The minimum atomic E-state index is -0.226. The maximum atomic E-state index is 11.7. The average Bonchev–Trinajstić information content (AvgIpc) is 2.38. The van der Waals surface area contributed by atoms with Crippen LogP contribution in [0.4, 0.5) is 5.95 Å². The predicted octanol–water partition coefficient (Wildman–Crippen LogP) is 0.950. The van der Waals surface area contributed by atoms with Crippen LogP contribution in [-0.4, -0.2) is 36.1 Å². The number of amides is 1. The van der Waals surface area contributed by atoms with Gasteiger partial charge >= 0.3 is 0 Å². The van der Waals surface area contributed by atoms with E-state index in [2.05, 4.69) is 15.3 Å². The van der Waals surface area contributed by atoms with Crippen LogP contribution in [-0.2, 0) is 4.79 Å². The summed E-state index contributed by atoms with van der Waals surface area (Å²) in [6.07, 6.45) is 1.98. The predicted molar refractivity (Wildman–Crippen MR) is 71.3 cm³/mol. The SMILES string of the molecule is CCCC(N)CC(=O)Nc1nc(OC)cc(OC)n1. The molecule has 0 bridgehead atoms. The first-order valence-electron chi connectivity index (χ1n) is 6.11. The molecular weight excluding hydrogens is 248 g/mol. The molecule has 19 heavy (non-hydrogen) atoms. The van der Waals surface area contributed by atoms with Crippen LogP contribution >= 0.6 is 0 Å². The smallest absolute Gasteiger partial charge is 0.236 e. The summed E-state index contributed by atoms with van der Waals surface area (Å²) in [5, 5.41) is 2.58. The van der Waals surface area contributed by atoms with Crippen LogP contribution < -0.4 is 20.5 Å². The highest BCUT2D eigenvalue weighted by atomic mass is 16.5. The summed E-state index contributed by atoms with van der Waals surface area (Å²) in [5.74, 6) is 0.557. The van der Waals surface area contributed by atoms with E-state index in [1.54, 1.807) is 0 Å². The van der Waals surface area contributed by atoms with Crippen LogP contribution in [0, 0.1) is 0 Å². The summed E-state index contributed by atoms with van der Waals surface area (Å²) < 4.78 is 9.98. The van der Waals surface area contributed by atoms with E-state index in [4.69, 9.17) is 15.2 Å². The lowest BCUT2D eigenvalue weighted by Crippen LogP contribution is -2.27. The van der Waals surface area contributed by atoms with Gasteiger partial charge in [-0.2, -0.15) is 9.97 Å². The third kappa shape index (κ3) is 5.09. The fourth-order valence-electron chi connectivity index (χ4n) is 1.56. The number of aromatic nitrogens is 2. The van der Waals surface area contributed by atoms with Gasteiger partial charge in [0.05, 0.1) is 20.3 Å². The van der Waals surface area contributed by atoms with E-state index in [9.17, 15) is 4.79 Å². The molecule has 106 valence electrons. The summed E-state index contributed by atoms with van der Waals surface area (Å²) in [5.41, 5.74) is 5.80. The molecule has 1 aromatic rings. The molecule has 0 saturated heterocycles. The highest BCUT2D eigenvalue weighted by Gasteiger charge is 2.12.